The second-order valence-corrected chi connectivity index (χ2v) is 6.93. The standard InChI is InChI=1S/C12H19N3O3S/c1-9-3-8-12(16)15(13-9)11-6-4-10(5-7-11)14-19(2,17)18/h3,8,10-11,14H,4-7H2,1-2H3. The van der Waals surface area contributed by atoms with Crippen molar-refractivity contribution in [3.05, 3.63) is 28.2 Å². The maximum atomic E-state index is 11.8. The van der Waals surface area contributed by atoms with Gasteiger partial charge < -0.3 is 0 Å². The van der Waals surface area contributed by atoms with Gasteiger partial charge in [0.1, 0.15) is 0 Å². The highest BCUT2D eigenvalue weighted by Crippen LogP contribution is 2.27. The van der Waals surface area contributed by atoms with Gasteiger partial charge in [0.15, 0.2) is 0 Å². The average Bonchev–Trinajstić information content (AvgIpc) is 2.31. The van der Waals surface area contributed by atoms with Gasteiger partial charge in [-0.25, -0.2) is 17.8 Å². The van der Waals surface area contributed by atoms with Crippen molar-refractivity contribution in [1.82, 2.24) is 14.5 Å². The molecular weight excluding hydrogens is 266 g/mol. The number of hydrogen-bond donors (Lipinski definition) is 1. The first-order valence-electron chi connectivity index (χ1n) is 6.39. The molecule has 0 unspecified atom stereocenters. The van der Waals surface area contributed by atoms with Crippen LogP contribution in [-0.2, 0) is 10.0 Å². The van der Waals surface area contributed by atoms with E-state index in [1.54, 1.807) is 6.07 Å². The molecule has 1 aliphatic rings. The van der Waals surface area contributed by atoms with Crippen LogP contribution in [0.5, 0.6) is 0 Å². The third kappa shape index (κ3) is 3.87. The molecule has 0 saturated heterocycles. The molecule has 0 aliphatic heterocycles. The van der Waals surface area contributed by atoms with E-state index in [0.29, 0.717) is 0 Å². The predicted molar refractivity (Wildman–Crippen MR) is 72.5 cm³/mol. The summed E-state index contributed by atoms with van der Waals surface area (Å²) in [4.78, 5) is 11.8. The van der Waals surface area contributed by atoms with E-state index in [2.05, 4.69) is 9.82 Å². The van der Waals surface area contributed by atoms with Gasteiger partial charge in [-0.3, -0.25) is 4.79 Å². The van der Waals surface area contributed by atoms with Crippen molar-refractivity contribution < 1.29 is 8.42 Å². The van der Waals surface area contributed by atoms with Crippen LogP contribution in [0.1, 0.15) is 37.4 Å². The summed E-state index contributed by atoms with van der Waals surface area (Å²) in [6.45, 7) is 1.85. The average molecular weight is 285 g/mol. The van der Waals surface area contributed by atoms with Crippen LogP contribution in [-0.4, -0.2) is 30.5 Å². The molecule has 1 heterocycles. The Kier molecular flexibility index (Phi) is 4.05. The van der Waals surface area contributed by atoms with E-state index in [9.17, 15) is 13.2 Å². The maximum Gasteiger partial charge on any atom is 0.267 e. The van der Waals surface area contributed by atoms with Crippen molar-refractivity contribution in [3.8, 4) is 0 Å². The summed E-state index contributed by atoms with van der Waals surface area (Å²) < 4.78 is 26.5. The minimum absolute atomic E-state index is 0.0215. The lowest BCUT2D eigenvalue weighted by atomic mass is 9.92. The van der Waals surface area contributed by atoms with E-state index in [-0.39, 0.29) is 17.6 Å². The van der Waals surface area contributed by atoms with E-state index >= 15 is 0 Å². The highest BCUT2D eigenvalue weighted by Gasteiger charge is 2.25. The zero-order valence-electron chi connectivity index (χ0n) is 11.2. The molecule has 1 N–H and O–H groups in total. The Hall–Kier alpha value is -1.21. The van der Waals surface area contributed by atoms with Gasteiger partial charge in [0, 0.05) is 12.1 Å². The van der Waals surface area contributed by atoms with Gasteiger partial charge in [-0.05, 0) is 38.7 Å². The quantitative estimate of drug-likeness (QED) is 0.881. The molecule has 6 nitrogen and oxygen atoms in total. The van der Waals surface area contributed by atoms with E-state index < -0.39 is 10.0 Å². The molecule has 0 radical (unpaired) electrons. The van der Waals surface area contributed by atoms with Gasteiger partial charge in [-0.15, -0.1) is 0 Å². The lowest BCUT2D eigenvalue weighted by Gasteiger charge is -2.29. The maximum absolute atomic E-state index is 11.8. The van der Waals surface area contributed by atoms with Crippen LogP contribution in [0.3, 0.4) is 0 Å². The number of nitrogens with one attached hydrogen (secondary N) is 1. The van der Waals surface area contributed by atoms with Crippen LogP contribution in [0.25, 0.3) is 0 Å². The zero-order chi connectivity index (χ0) is 14.0. The van der Waals surface area contributed by atoms with Crippen LogP contribution < -0.4 is 10.3 Å². The van der Waals surface area contributed by atoms with Gasteiger partial charge in [0.25, 0.3) is 5.56 Å². The number of nitrogens with zero attached hydrogens (tertiary/aromatic N) is 2. The molecule has 1 aliphatic carbocycles. The zero-order valence-corrected chi connectivity index (χ0v) is 12.0. The fourth-order valence-electron chi connectivity index (χ4n) is 2.52. The molecule has 0 amide bonds. The number of sulfonamides is 1. The fraction of sp³-hybridized carbons (Fsp3) is 0.667. The summed E-state index contributed by atoms with van der Waals surface area (Å²) >= 11 is 0. The fourth-order valence-corrected chi connectivity index (χ4v) is 3.36. The summed E-state index contributed by atoms with van der Waals surface area (Å²) in [5.74, 6) is 0. The largest absolute Gasteiger partial charge is 0.268 e. The van der Waals surface area contributed by atoms with Crippen molar-refractivity contribution in [3.63, 3.8) is 0 Å². The van der Waals surface area contributed by atoms with Crippen LogP contribution >= 0.6 is 0 Å². The van der Waals surface area contributed by atoms with Crippen LogP contribution in [0.15, 0.2) is 16.9 Å². The smallest absolute Gasteiger partial charge is 0.267 e. The number of aromatic nitrogens is 2. The van der Waals surface area contributed by atoms with E-state index in [1.807, 2.05) is 6.92 Å². The molecular formula is C12H19N3O3S. The Morgan fingerprint density at radius 3 is 2.47 bits per heavy atom. The Morgan fingerprint density at radius 2 is 1.89 bits per heavy atom. The molecule has 0 bridgehead atoms. The van der Waals surface area contributed by atoms with E-state index in [1.165, 1.54) is 17.0 Å². The first-order valence-corrected chi connectivity index (χ1v) is 8.28. The Balaban J connectivity index is 2.04. The summed E-state index contributed by atoms with van der Waals surface area (Å²) in [5.41, 5.74) is 0.723. The van der Waals surface area contributed by atoms with Gasteiger partial charge in [0.2, 0.25) is 10.0 Å². The Morgan fingerprint density at radius 1 is 1.26 bits per heavy atom. The second kappa shape index (κ2) is 5.42. The predicted octanol–water partition coefficient (Wildman–Crippen LogP) is 0.585. The van der Waals surface area contributed by atoms with Crippen molar-refractivity contribution in [2.45, 2.75) is 44.7 Å². The molecule has 0 atom stereocenters. The van der Waals surface area contributed by atoms with Gasteiger partial charge >= 0.3 is 0 Å². The minimum atomic E-state index is -3.15. The monoisotopic (exact) mass is 285 g/mol. The van der Waals surface area contributed by atoms with Crippen LogP contribution in [0.2, 0.25) is 0 Å². The van der Waals surface area contributed by atoms with Crippen molar-refractivity contribution in [2.75, 3.05) is 6.26 Å². The molecule has 1 aromatic heterocycles. The molecule has 1 fully saturated rings. The van der Waals surface area contributed by atoms with E-state index in [4.69, 9.17) is 0 Å². The molecule has 1 saturated carbocycles. The Labute approximate surface area is 112 Å². The van der Waals surface area contributed by atoms with Crippen molar-refractivity contribution in [1.29, 1.82) is 0 Å². The van der Waals surface area contributed by atoms with E-state index in [0.717, 1.165) is 31.4 Å². The number of hydrogen-bond acceptors (Lipinski definition) is 4. The highest BCUT2D eigenvalue weighted by molar-refractivity contribution is 7.88. The first-order chi connectivity index (χ1) is 8.85. The number of rotatable bonds is 3. The number of aryl methyl sites for hydroxylation is 1. The molecule has 106 valence electrons. The van der Waals surface area contributed by atoms with Crippen molar-refractivity contribution in [2.24, 2.45) is 0 Å². The molecule has 0 spiro atoms. The summed E-state index contributed by atoms with van der Waals surface area (Å²) in [6.07, 6.45) is 4.18. The van der Waals surface area contributed by atoms with Gasteiger partial charge in [0.05, 0.1) is 18.0 Å². The SMILES string of the molecule is Cc1ccc(=O)n(C2CCC(NS(C)(=O)=O)CC2)n1. The normalized spacial score (nSPS) is 24.3. The third-order valence-corrected chi connectivity index (χ3v) is 4.14. The van der Waals surface area contributed by atoms with Crippen molar-refractivity contribution >= 4 is 10.0 Å². The first kappa shape index (κ1) is 14.2. The topological polar surface area (TPSA) is 81.1 Å². The van der Waals surface area contributed by atoms with Crippen LogP contribution in [0.4, 0.5) is 0 Å². The molecule has 0 aromatic carbocycles. The third-order valence-electron chi connectivity index (χ3n) is 3.38. The highest BCUT2D eigenvalue weighted by atomic mass is 32.2. The van der Waals surface area contributed by atoms with Gasteiger partial charge in [-0.1, -0.05) is 0 Å². The molecule has 7 heteroatoms. The Bertz CT molecular complexity index is 601. The lowest BCUT2D eigenvalue weighted by molar-refractivity contribution is 0.284. The molecule has 19 heavy (non-hydrogen) atoms. The summed E-state index contributed by atoms with van der Waals surface area (Å²) in [6, 6.07) is 3.29. The summed E-state index contributed by atoms with van der Waals surface area (Å²) in [5, 5.41) is 4.26. The van der Waals surface area contributed by atoms with Gasteiger partial charge in [-0.2, -0.15) is 5.10 Å². The second-order valence-electron chi connectivity index (χ2n) is 5.15. The van der Waals surface area contributed by atoms with Crippen LogP contribution in [0, 0.1) is 6.92 Å². The summed E-state index contributed by atoms with van der Waals surface area (Å²) in [7, 11) is -3.15. The molecule has 2 rings (SSSR count). The molecule has 1 aromatic rings. The minimum Gasteiger partial charge on any atom is -0.268 e. The lowest BCUT2D eigenvalue weighted by Crippen LogP contribution is -2.39.